The number of nitrogens with zero attached hydrogens (tertiary/aromatic N) is 1. The molecule has 0 N–H and O–H groups in total. The van der Waals surface area contributed by atoms with Gasteiger partial charge >= 0.3 is 0 Å². The Balaban J connectivity index is 1.77. The van der Waals surface area contributed by atoms with Gasteiger partial charge in [-0.25, -0.2) is 8.78 Å². The molecule has 0 unspecified atom stereocenters. The number of amides is 1. The molecule has 0 saturated heterocycles. The summed E-state index contributed by atoms with van der Waals surface area (Å²) >= 11 is 0. The molecule has 0 aliphatic carbocycles. The molecule has 2 aromatic rings. The van der Waals surface area contributed by atoms with Gasteiger partial charge in [0.25, 0.3) is 5.91 Å². The van der Waals surface area contributed by atoms with E-state index in [0.29, 0.717) is 17.1 Å². The van der Waals surface area contributed by atoms with Gasteiger partial charge in [0, 0.05) is 30.8 Å². The summed E-state index contributed by atoms with van der Waals surface area (Å²) in [5.41, 5.74) is 0.660. The van der Waals surface area contributed by atoms with Crippen LogP contribution < -0.4 is 9.47 Å². The molecule has 2 aromatic carbocycles. The monoisotopic (exact) mass is 305 g/mol. The van der Waals surface area contributed by atoms with Crippen LogP contribution in [-0.4, -0.2) is 24.6 Å². The molecule has 0 bridgehead atoms. The number of rotatable bonds is 3. The van der Waals surface area contributed by atoms with Crippen molar-refractivity contribution in [2.45, 2.75) is 6.54 Å². The Hall–Kier alpha value is -2.63. The van der Waals surface area contributed by atoms with Crippen LogP contribution in [0.1, 0.15) is 15.9 Å². The molecular weight excluding hydrogens is 292 g/mol. The first-order valence-corrected chi connectivity index (χ1v) is 6.63. The fourth-order valence-electron chi connectivity index (χ4n) is 2.23. The van der Waals surface area contributed by atoms with Gasteiger partial charge in [-0.05, 0) is 24.3 Å². The molecule has 22 heavy (non-hydrogen) atoms. The van der Waals surface area contributed by atoms with Gasteiger partial charge in [0.05, 0.1) is 0 Å². The van der Waals surface area contributed by atoms with E-state index in [4.69, 9.17) is 9.47 Å². The van der Waals surface area contributed by atoms with Crippen molar-refractivity contribution in [1.82, 2.24) is 4.90 Å². The topological polar surface area (TPSA) is 38.8 Å². The van der Waals surface area contributed by atoms with Crippen molar-refractivity contribution in [2.24, 2.45) is 0 Å². The zero-order valence-electron chi connectivity index (χ0n) is 11.8. The third-order valence-electron chi connectivity index (χ3n) is 3.39. The van der Waals surface area contributed by atoms with Gasteiger partial charge in [0.15, 0.2) is 11.5 Å². The number of hydrogen-bond acceptors (Lipinski definition) is 3. The summed E-state index contributed by atoms with van der Waals surface area (Å²) in [5.74, 6) is -0.519. The highest BCUT2D eigenvalue weighted by molar-refractivity contribution is 5.94. The van der Waals surface area contributed by atoms with Gasteiger partial charge in [-0.1, -0.05) is 6.07 Å². The van der Waals surface area contributed by atoms with Crippen LogP contribution in [0.4, 0.5) is 8.78 Å². The fourth-order valence-corrected chi connectivity index (χ4v) is 2.23. The lowest BCUT2D eigenvalue weighted by Gasteiger charge is -2.18. The lowest BCUT2D eigenvalue weighted by Crippen LogP contribution is -2.26. The Kier molecular flexibility index (Phi) is 3.66. The van der Waals surface area contributed by atoms with Crippen molar-refractivity contribution in [3.8, 4) is 11.5 Å². The van der Waals surface area contributed by atoms with Crippen molar-refractivity contribution < 1.29 is 23.0 Å². The molecule has 114 valence electrons. The normalized spacial score (nSPS) is 12.3. The molecule has 6 heteroatoms. The maximum absolute atomic E-state index is 13.6. The Morgan fingerprint density at radius 3 is 2.68 bits per heavy atom. The van der Waals surface area contributed by atoms with E-state index in [1.165, 1.54) is 11.0 Å². The lowest BCUT2D eigenvalue weighted by molar-refractivity contribution is 0.0783. The quantitative estimate of drug-likeness (QED) is 0.875. The Labute approximate surface area is 125 Å². The van der Waals surface area contributed by atoms with Gasteiger partial charge in [-0.2, -0.15) is 0 Å². The summed E-state index contributed by atoms with van der Waals surface area (Å²) in [7, 11) is 1.55. The second-order valence-corrected chi connectivity index (χ2v) is 4.96. The first kappa shape index (κ1) is 14.3. The van der Waals surface area contributed by atoms with Gasteiger partial charge in [-0.3, -0.25) is 4.79 Å². The van der Waals surface area contributed by atoms with Crippen LogP contribution in [0.2, 0.25) is 0 Å². The summed E-state index contributed by atoms with van der Waals surface area (Å²) in [6.45, 7) is 0.170. The third-order valence-corrected chi connectivity index (χ3v) is 3.39. The second-order valence-electron chi connectivity index (χ2n) is 4.96. The molecule has 1 aliphatic heterocycles. The van der Waals surface area contributed by atoms with E-state index >= 15 is 0 Å². The fraction of sp³-hybridized carbons (Fsp3) is 0.188. The van der Waals surface area contributed by atoms with Crippen molar-refractivity contribution in [1.29, 1.82) is 0 Å². The van der Waals surface area contributed by atoms with Crippen LogP contribution in [0.5, 0.6) is 11.5 Å². The molecule has 1 aliphatic rings. The standard InChI is InChI=1S/C16H13F2NO3/c1-19(8-11-2-4-12(17)7-13(11)18)16(20)10-3-5-14-15(6-10)22-9-21-14/h2-7H,8-9H2,1H3. The average Bonchev–Trinajstić information content (AvgIpc) is 2.96. The zero-order chi connectivity index (χ0) is 15.7. The molecule has 0 fully saturated rings. The van der Waals surface area contributed by atoms with E-state index in [9.17, 15) is 13.6 Å². The molecule has 0 atom stereocenters. The number of carbonyl (C=O) groups is 1. The summed E-state index contributed by atoms with van der Waals surface area (Å²) < 4.78 is 36.9. The van der Waals surface area contributed by atoms with Crippen LogP contribution >= 0.6 is 0 Å². The van der Waals surface area contributed by atoms with Gasteiger partial charge in [-0.15, -0.1) is 0 Å². The number of hydrogen-bond donors (Lipinski definition) is 0. The summed E-state index contributed by atoms with van der Waals surface area (Å²) in [4.78, 5) is 13.7. The summed E-state index contributed by atoms with van der Waals surface area (Å²) in [5, 5.41) is 0. The molecule has 1 heterocycles. The van der Waals surface area contributed by atoms with E-state index in [0.717, 1.165) is 12.1 Å². The largest absolute Gasteiger partial charge is 0.454 e. The summed E-state index contributed by atoms with van der Waals surface area (Å²) in [6.07, 6.45) is 0. The van der Waals surface area contributed by atoms with Crippen molar-refractivity contribution in [3.63, 3.8) is 0 Å². The number of carbonyl (C=O) groups excluding carboxylic acids is 1. The van der Waals surface area contributed by atoms with E-state index in [-0.39, 0.29) is 24.8 Å². The van der Waals surface area contributed by atoms with Crippen molar-refractivity contribution in [3.05, 3.63) is 59.2 Å². The van der Waals surface area contributed by atoms with Gasteiger partial charge in [0.1, 0.15) is 11.6 Å². The van der Waals surface area contributed by atoms with Gasteiger partial charge < -0.3 is 14.4 Å². The molecule has 4 nitrogen and oxygen atoms in total. The van der Waals surface area contributed by atoms with Crippen LogP contribution in [0.25, 0.3) is 0 Å². The molecule has 0 spiro atoms. The number of halogens is 2. The minimum atomic E-state index is -0.676. The zero-order valence-corrected chi connectivity index (χ0v) is 11.8. The number of benzene rings is 2. The van der Waals surface area contributed by atoms with E-state index < -0.39 is 11.6 Å². The number of fused-ring (bicyclic) bond motifs is 1. The maximum atomic E-state index is 13.6. The molecule has 3 rings (SSSR count). The second kappa shape index (κ2) is 5.63. The maximum Gasteiger partial charge on any atom is 0.254 e. The van der Waals surface area contributed by atoms with Crippen LogP contribution in [0.3, 0.4) is 0 Å². The molecular formula is C16H13F2NO3. The first-order chi connectivity index (χ1) is 10.5. The smallest absolute Gasteiger partial charge is 0.254 e. The number of ether oxygens (including phenoxy) is 2. The van der Waals surface area contributed by atoms with Gasteiger partial charge in [0.2, 0.25) is 6.79 Å². The third kappa shape index (κ3) is 2.72. The molecule has 0 aromatic heterocycles. The van der Waals surface area contributed by atoms with E-state index in [2.05, 4.69) is 0 Å². The predicted octanol–water partition coefficient (Wildman–Crippen LogP) is 2.97. The highest BCUT2D eigenvalue weighted by Gasteiger charge is 2.19. The molecule has 0 saturated carbocycles. The van der Waals surface area contributed by atoms with Crippen LogP contribution in [-0.2, 0) is 6.54 Å². The SMILES string of the molecule is CN(Cc1ccc(F)cc1F)C(=O)c1ccc2c(c1)OCO2. The molecule has 0 radical (unpaired) electrons. The van der Waals surface area contributed by atoms with E-state index in [1.807, 2.05) is 0 Å². The summed E-state index contributed by atoms with van der Waals surface area (Å²) in [6, 6.07) is 8.15. The minimum absolute atomic E-state index is 0.0411. The molecule has 1 amide bonds. The lowest BCUT2D eigenvalue weighted by atomic mass is 10.1. The predicted molar refractivity (Wildman–Crippen MR) is 74.7 cm³/mol. The van der Waals surface area contributed by atoms with Crippen molar-refractivity contribution in [2.75, 3.05) is 13.8 Å². The van der Waals surface area contributed by atoms with E-state index in [1.54, 1.807) is 25.2 Å². The Bertz CT molecular complexity index is 733. The van der Waals surface area contributed by atoms with Crippen molar-refractivity contribution >= 4 is 5.91 Å². The average molecular weight is 305 g/mol. The van der Waals surface area contributed by atoms with Crippen LogP contribution in [0, 0.1) is 11.6 Å². The Morgan fingerprint density at radius 1 is 1.14 bits per heavy atom. The highest BCUT2D eigenvalue weighted by atomic mass is 19.1. The first-order valence-electron chi connectivity index (χ1n) is 6.63. The highest BCUT2D eigenvalue weighted by Crippen LogP contribution is 2.32. The minimum Gasteiger partial charge on any atom is -0.454 e. The van der Waals surface area contributed by atoms with Crippen LogP contribution in [0.15, 0.2) is 36.4 Å². The Morgan fingerprint density at radius 2 is 1.91 bits per heavy atom.